The first-order chi connectivity index (χ1) is 34.6. The summed E-state index contributed by atoms with van der Waals surface area (Å²) in [5.41, 5.74) is 13.5. The van der Waals surface area contributed by atoms with Gasteiger partial charge in [-0.15, -0.1) is 29.7 Å². The Labute approximate surface area is 454 Å². The summed E-state index contributed by atoms with van der Waals surface area (Å²) in [5.74, 6) is 2.02. The van der Waals surface area contributed by atoms with E-state index < -0.39 is 5.41 Å². The van der Waals surface area contributed by atoms with Gasteiger partial charge in [-0.2, -0.15) is 17.7 Å². The van der Waals surface area contributed by atoms with Crippen molar-refractivity contribution in [1.82, 2.24) is 14.1 Å². The molecule has 0 fully saturated rings. The molecule has 378 valence electrons. The molecule has 5 nitrogen and oxygen atoms in total. The van der Waals surface area contributed by atoms with Crippen LogP contribution in [0.15, 0.2) is 176 Å². The van der Waals surface area contributed by atoms with E-state index in [9.17, 15) is 0 Å². The van der Waals surface area contributed by atoms with Gasteiger partial charge in [-0.05, 0) is 96.6 Å². The minimum Gasteiger partial charge on any atom is -0.510 e. The van der Waals surface area contributed by atoms with Gasteiger partial charge in [0, 0.05) is 61.3 Å². The summed E-state index contributed by atoms with van der Waals surface area (Å²) in [6, 6.07) is 66.3. The first-order valence-electron chi connectivity index (χ1n) is 25.7. The van der Waals surface area contributed by atoms with E-state index in [0.29, 0.717) is 11.5 Å². The fourth-order valence-corrected chi connectivity index (χ4v) is 9.99. The van der Waals surface area contributed by atoms with Crippen molar-refractivity contribution >= 4 is 21.8 Å². The molecular weight excluding hydrogens is 1080 g/mol. The van der Waals surface area contributed by atoms with Crippen LogP contribution in [0.1, 0.15) is 129 Å². The molecule has 0 atom stereocenters. The van der Waals surface area contributed by atoms with E-state index in [1.807, 2.05) is 12.3 Å². The molecule has 74 heavy (non-hydrogen) atoms. The maximum absolute atomic E-state index is 7.01. The number of fused-ring (bicyclic) bond motifs is 3. The van der Waals surface area contributed by atoms with Crippen LogP contribution in [0.25, 0.3) is 50.1 Å². The van der Waals surface area contributed by atoms with Crippen LogP contribution >= 0.6 is 0 Å². The van der Waals surface area contributed by atoms with Gasteiger partial charge in [-0.25, -0.2) is 4.98 Å². The van der Waals surface area contributed by atoms with Crippen molar-refractivity contribution in [2.75, 3.05) is 0 Å². The minimum absolute atomic E-state index is 0. The van der Waals surface area contributed by atoms with Gasteiger partial charge in [0.05, 0.1) is 11.4 Å². The Balaban J connectivity index is 0.00000672. The number of rotatable bonds is 10. The Kier molecular flexibility index (Phi) is 13.7. The van der Waals surface area contributed by atoms with Crippen molar-refractivity contribution in [2.45, 2.75) is 117 Å². The van der Waals surface area contributed by atoms with E-state index in [4.69, 9.17) is 9.72 Å². The molecule has 0 saturated heterocycles. The maximum atomic E-state index is 7.01. The summed E-state index contributed by atoms with van der Waals surface area (Å²) in [4.78, 5) is 4.98. The van der Waals surface area contributed by atoms with Crippen molar-refractivity contribution in [3.63, 3.8) is 0 Å². The van der Waals surface area contributed by atoms with Crippen LogP contribution in [-0.2, 0) is 48.1 Å². The Morgan fingerprint density at radius 2 is 1.07 bits per heavy atom. The smallest absolute Gasteiger partial charge is 0.267 e. The molecule has 0 spiro atoms. The number of pyridine rings is 1. The number of aromatic nitrogens is 4. The summed E-state index contributed by atoms with van der Waals surface area (Å²) in [6.45, 7) is 29.6. The average molecular weight is 1150 g/mol. The molecule has 6 heteroatoms. The van der Waals surface area contributed by atoms with Gasteiger partial charge in [0.25, 0.3) is 6.33 Å². The van der Waals surface area contributed by atoms with E-state index in [0.717, 1.165) is 55.8 Å². The Morgan fingerprint density at radius 3 is 1.70 bits per heavy atom. The third-order valence-corrected chi connectivity index (χ3v) is 14.9. The Hall–Kier alpha value is -6.81. The molecule has 3 aromatic heterocycles. The fraction of sp³-hybridized carbons (Fsp3) is 0.265. The molecule has 0 saturated carbocycles. The summed E-state index contributed by atoms with van der Waals surface area (Å²) < 4.78 is 13.6. The molecule has 0 bridgehead atoms. The zero-order valence-corrected chi connectivity index (χ0v) is 47.5. The largest absolute Gasteiger partial charge is 0.510 e. The Bertz CT molecular complexity index is 3640. The van der Waals surface area contributed by atoms with Crippen LogP contribution in [-0.4, -0.2) is 14.1 Å². The van der Waals surface area contributed by atoms with Crippen LogP contribution < -0.4 is 9.30 Å². The second-order valence-electron chi connectivity index (χ2n) is 24.0. The summed E-state index contributed by atoms with van der Waals surface area (Å²) >= 11 is 0. The van der Waals surface area contributed by atoms with Crippen LogP contribution in [0.4, 0.5) is 0 Å². The zero-order chi connectivity index (χ0) is 51.7. The minimum atomic E-state index is -0.436. The fourth-order valence-electron chi connectivity index (χ4n) is 9.99. The van der Waals surface area contributed by atoms with Crippen LogP contribution in [0.2, 0.25) is 0 Å². The number of nitrogens with zero attached hydrogens (tertiary/aromatic N) is 4. The monoisotopic (exact) mass is 1150 g/mol. The van der Waals surface area contributed by atoms with Gasteiger partial charge >= 0.3 is 0 Å². The van der Waals surface area contributed by atoms with Crippen molar-refractivity contribution in [3.8, 4) is 39.8 Å². The normalized spacial score (nSPS) is 12.6. The van der Waals surface area contributed by atoms with Gasteiger partial charge in [-0.1, -0.05) is 205 Å². The predicted molar refractivity (Wildman–Crippen MR) is 301 cm³/mol. The summed E-state index contributed by atoms with van der Waals surface area (Å²) in [6.07, 6.45) is 8.06. The van der Waals surface area contributed by atoms with Crippen LogP contribution in [0, 0.1) is 18.5 Å². The molecule has 0 amide bonds. The summed E-state index contributed by atoms with van der Waals surface area (Å²) in [7, 11) is 0. The third kappa shape index (κ3) is 10.1. The molecule has 0 aliphatic heterocycles. The quantitative estimate of drug-likeness (QED) is 0.101. The number of hydrogen-bond acceptors (Lipinski definition) is 2. The molecule has 10 aromatic rings. The molecule has 0 aliphatic rings. The molecule has 7 aromatic carbocycles. The molecule has 0 aliphatic carbocycles. The second-order valence-corrected chi connectivity index (χ2v) is 24.0. The molecule has 10 rings (SSSR count). The van der Waals surface area contributed by atoms with E-state index in [2.05, 4.69) is 286 Å². The van der Waals surface area contributed by atoms with Crippen molar-refractivity contribution in [3.05, 3.63) is 234 Å². The van der Waals surface area contributed by atoms with E-state index in [1.165, 1.54) is 33.4 Å². The van der Waals surface area contributed by atoms with Gasteiger partial charge in [0.2, 0.25) is 0 Å². The maximum Gasteiger partial charge on any atom is 0.267 e. The number of imidazole rings is 1. The van der Waals surface area contributed by atoms with E-state index >= 15 is 0 Å². The van der Waals surface area contributed by atoms with E-state index in [1.54, 1.807) is 0 Å². The standard InChI is InChI=1S/C68H68N4O.Pt/c1-64(2,3)50-33-34-69-63(41-50)72-60-32-29-47(46-23-17-14-18-24-46)35-59(60)58-31-30-56(43-61(58)72)73-57-40-52(66(7,8)9)38-55(42-57)71-45-70(44-62(71)68(12,13)49-27-21-16-22-28-49)54-37-51(65(4,5)6)36-53(39-54)67(10,11)48-25-19-15-20-26-48;/h14-41,44H,1-13H3;/q-2;. The number of hydrogen-bond donors (Lipinski definition) is 0. The SMILES string of the molecule is CC(C)(C)c1cc(Oc2[c-]c3c(cc2)c2cc(-c4ccccc4)ccc2n3-c2cc(C(C)(C)C)ccn2)[c-]c(-n2[c-][n+](-c3cc(C(C)(C)C)cc(C(C)(C)c4ccccc4)c3)cc2C(C)(C)c2ccccc2)c1.[Pt]. The average Bonchev–Trinajstić information content (AvgIpc) is 3.97. The Morgan fingerprint density at radius 1 is 0.473 bits per heavy atom. The topological polar surface area (TPSA) is 35.9 Å². The third-order valence-electron chi connectivity index (χ3n) is 14.9. The van der Waals surface area contributed by atoms with Crippen LogP contribution in [0.3, 0.4) is 0 Å². The first-order valence-corrected chi connectivity index (χ1v) is 25.7. The van der Waals surface area contributed by atoms with Gasteiger partial charge < -0.3 is 13.9 Å². The molecule has 0 radical (unpaired) electrons. The van der Waals surface area contributed by atoms with Gasteiger partial charge in [0.1, 0.15) is 5.82 Å². The second kappa shape index (κ2) is 19.5. The predicted octanol–water partition coefficient (Wildman–Crippen LogP) is 16.6. The molecule has 0 N–H and O–H groups in total. The number of ether oxygens (including phenoxy) is 1. The molecular formula is C68H68N4OPt-2. The van der Waals surface area contributed by atoms with E-state index in [-0.39, 0.29) is 42.7 Å². The zero-order valence-electron chi connectivity index (χ0n) is 45.3. The van der Waals surface area contributed by atoms with Gasteiger partial charge in [-0.3, -0.25) is 4.57 Å². The number of benzene rings is 7. The molecule has 3 heterocycles. The van der Waals surface area contributed by atoms with Crippen molar-refractivity contribution < 1.29 is 30.4 Å². The molecule has 0 unspecified atom stereocenters. The van der Waals surface area contributed by atoms with Crippen LogP contribution in [0.5, 0.6) is 11.5 Å². The summed E-state index contributed by atoms with van der Waals surface area (Å²) in [5, 5.41) is 2.20. The van der Waals surface area contributed by atoms with Gasteiger partial charge in [0.15, 0.2) is 0 Å². The van der Waals surface area contributed by atoms with Crippen molar-refractivity contribution in [2.24, 2.45) is 0 Å². The van der Waals surface area contributed by atoms with Crippen molar-refractivity contribution in [1.29, 1.82) is 0 Å². The first kappa shape index (κ1) is 52.1.